The number of rotatable bonds is 10. The van der Waals surface area contributed by atoms with E-state index in [1.165, 1.54) is 0 Å². The molecule has 2 atom stereocenters. The summed E-state index contributed by atoms with van der Waals surface area (Å²) < 4.78 is 0.143. The SMILES string of the molecule is CC(C)(C)SSC[C@H](N)C(=O)NCCCC[C@H](N)C(=O)O. The van der Waals surface area contributed by atoms with Gasteiger partial charge in [0.05, 0.1) is 6.04 Å². The average molecular weight is 338 g/mol. The van der Waals surface area contributed by atoms with Crippen LogP contribution >= 0.6 is 21.6 Å². The van der Waals surface area contributed by atoms with Crippen LogP contribution in [0.3, 0.4) is 0 Å². The van der Waals surface area contributed by atoms with E-state index in [4.69, 9.17) is 16.6 Å². The predicted molar refractivity (Wildman–Crippen MR) is 90.2 cm³/mol. The highest BCUT2D eigenvalue weighted by Crippen LogP contribution is 2.34. The maximum absolute atomic E-state index is 11.7. The topological polar surface area (TPSA) is 118 Å². The van der Waals surface area contributed by atoms with Crippen LogP contribution in [0.15, 0.2) is 0 Å². The van der Waals surface area contributed by atoms with Crippen LogP contribution in [0.4, 0.5) is 0 Å². The van der Waals surface area contributed by atoms with Crippen molar-refractivity contribution in [2.75, 3.05) is 12.3 Å². The third kappa shape index (κ3) is 11.9. The third-order valence-corrected chi connectivity index (χ3v) is 5.83. The summed E-state index contributed by atoms with van der Waals surface area (Å²) in [5, 5.41) is 11.4. The van der Waals surface area contributed by atoms with E-state index in [1.54, 1.807) is 21.6 Å². The van der Waals surface area contributed by atoms with Gasteiger partial charge in [-0.3, -0.25) is 9.59 Å². The van der Waals surface area contributed by atoms with Gasteiger partial charge in [-0.25, -0.2) is 0 Å². The maximum Gasteiger partial charge on any atom is 0.320 e. The molecule has 0 aliphatic heterocycles. The van der Waals surface area contributed by atoms with E-state index in [2.05, 4.69) is 26.1 Å². The first kappa shape index (κ1) is 20.6. The summed E-state index contributed by atoms with van der Waals surface area (Å²) in [5.74, 6) is -0.591. The number of amides is 1. The Morgan fingerprint density at radius 3 is 2.33 bits per heavy atom. The van der Waals surface area contributed by atoms with E-state index < -0.39 is 18.1 Å². The molecule has 0 aromatic heterocycles. The fourth-order valence-corrected chi connectivity index (χ4v) is 3.74. The van der Waals surface area contributed by atoms with Crippen LogP contribution in [0.25, 0.3) is 0 Å². The zero-order valence-corrected chi connectivity index (χ0v) is 14.6. The van der Waals surface area contributed by atoms with Crippen LogP contribution in [0.5, 0.6) is 0 Å². The number of carboxylic acid groups (broad SMARTS) is 1. The van der Waals surface area contributed by atoms with Crippen LogP contribution in [0, 0.1) is 0 Å². The number of nitrogens with two attached hydrogens (primary N) is 2. The molecule has 6 nitrogen and oxygen atoms in total. The molecule has 0 saturated carbocycles. The highest BCUT2D eigenvalue weighted by molar-refractivity contribution is 8.77. The Morgan fingerprint density at radius 1 is 1.19 bits per heavy atom. The molecule has 0 aromatic carbocycles. The highest BCUT2D eigenvalue weighted by atomic mass is 33.1. The molecular weight excluding hydrogens is 310 g/mol. The number of hydrogen-bond donors (Lipinski definition) is 4. The summed E-state index contributed by atoms with van der Waals surface area (Å²) >= 11 is 0. The van der Waals surface area contributed by atoms with Crippen molar-refractivity contribution < 1.29 is 14.7 Å². The van der Waals surface area contributed by atoms with Gasteiger partial charge in [-0.05, 0) is 19.3 Å². The van der Waals surface area contributed by atoms with Crippen molar-refractivity contribution in [1.82, 2.24) is 5.32 Å². The fraction of sp³-hybridized carbons (Fsp3) is 0.846. The average Bonchev–Trinajstić information content (AvgIpc) is 2.35. The van der Waals surface area contributed by atoms with Gasteiger partial charge in [-0.1, -0.05) is 42.4 Å². The normalized spacial score (nSPS) is 14.5. The number of carbonyl (C=O) groups excluding carboxylic acids is 1. The Kier molecular flexibility index (Phi) is 10.1. The Hall–Kier alpha value is -0.440. The molecule has 8 heteroatoms. The van der Waals surface area contributed by atoms with Gasteiger partial charge in [0.25, 0.3) is 0 Å². The molecule has 6 N–H and O–H groups in total. The summed E-state index contributed by atoms with van der Waals surface area (Å²) in [7, 11) is 3.30. The van der Waals surface area contributed by atoms with Crippen molar-refractivity contribution >= 4 is 33.5 Å². The largest absolute Gasteiger partial charge is 0.480 e. The zero-order valence-electron chi connectivity index (χ0n) is 12.9. The van der Waals surface area contributed by atoms with Crippen LogP contribution < -0.4 is 16.8 Å². The second kappa shape index (κ2) is 10.3. The number of nitrogens with one attached hydrogen (secondary N) is 1. The second-order valence-electron chi connectivity index (χ2n) is 5.82. The van der Waals surface area contributed by atoms with E-state index in [0.717, 1.165) is 0 Å². The summed E-state index contributed by atoms with van der Waals surface area (Å²) in [4.78, 5) is 22.2. The fourth-order valence-electron chi connectivity index (χ4n) is 1.32. The first-order chi connectivity index (χ1) is 9.63. The summed E-state index contributed by atoms with van der Waals surface area (Å²) in [6.45, 7) is 6.82. The molecule has 21 heavy (non-hydrogen) atoms. The molecule has 0 radical (unpaired) electrons. The molecule has 0 aliphatic rings. The highest BCUT2D eigenvalue weighted by Gasteiger charge is 2.16. The number of aliphatic carboxylic acids is 1. The van der Waals surface area contributed by atoms with E-state index in [-0.39, 0.29) is 10.7 Å². The van der Waals surface area contributed by atoms with Gasteiger partial charge in [0.2, 0.25) is 5.91 Å². The Morgan fingerprint density at radius 2 is 1.81 bits per heavy atom. The molecule has 0 aliphatic carbocycles. The van der Waals surface area contributed by atoms with Crippen molar-refractivity contribution in [3.63, 3.8) is 0 Å². The molecule has 0 saturated heterocycles. The lowest BCUT2D eigenvalue weighted by Crippen LogP contribution is -2.42. The van der Waals surface area contributed by atoms with Gasteiger partial charge in [0.1, 0.15) is 6.04 Å². The number of unbranched alkanes of at least 4 members (excludes halogenated alkanes) is 1. The van der Waals surface area contributed by atoms with Crippen molar-refractivity contribution in [3.05, 3.63) is 0 Å². The van der Waals surface area contributed by atoms with Gasteiger partial charge >= 0.3 is 5.97 Å². The standard InChI is InChI=1S/C13H27N3O3S2/c1-13(2,3)21-20-8-10(15)11(17)16-7-5-4-6-9(14)12(18)19/h9-10H,4-8,14-15H2,1-3H3,(H,16,17)(H,18,19)/t9-,10-/m0/s1. The molecule has 0 fully saturated rings. The molecule has 1 amide bonds. The molecule has 0 unspecified atom stereocenters. The quantitative estimate of drug-likeness (QED) is 0.349. The van der Waals surface area contributed by atoms with Crippen LogP contribution in [0.2, 0.25) is 0 Å². The number of carbonyl (C=O) groups is 2. The lowest BCUT2D eigenvalue weighted by atomic mass is 10.1. The van der Waals surface area contributed by atoms with Crippen LogP contribution in [-0.2, 0) is 9.59 Å². The Bertz CT molecular complexity index is 335. The first-order valence-corrected chi connectivity index (χ1v) is 9.27. The van der Waals surface area contributed by atoms with E-state index in [0.29, 0.717) is 31.6 Å². The smallest absolute Gasteiger partial charge is 0.320 e. The van der Waals surface area contributed by atoms with Gasteiger partial charge < -0.3 is 21.9 Å². The lowest BCUT2D eigenvalue weighted by Gasteiger charge is -2.18. The monoisotopic (exact) mass is 337 g/mol. The Labute approximate surface area is 134 Å². The minimum Gasteiger partial charge on any atom is -0.480 e. The van der Waals surface area contributed by atoms with Crippen LogP contribution in [-0.4, -0.2) is 46.1 Å². The molecule has 0 heterocycles. The molecular formula is C13H27N3O3S2. The van der Waals surface area contributed by atoms with E-state index in [9.17, 15) is 9.59 Å². The third-order valence-electron chi connectivity index (χ3n) is 2.45. The van der Waals surface area contributed by atoms with Gasteiger partial charge in [0.15, 0.2) is 0 Å². The van der Waals surface area contributed by atoms with Gasteiger partial charge in [-0.15, -0.1) is 0 Å². The van der Waals surface area contributed by atoms with E-state index in [1.807, 2.05) is 0 Å². The van der Waals surface area contributed by atoms with E-state index >= 15 is 0 Å². The minimum atomic E-state index is -0.991. The molecule has 0 bridgehead atoms. The number of hydrogen-bond acceptors (Lipinski definition) is 6. The van der Waals surface area contributed by atoms with Crippen molar-refractivity contribution in [3.8, 4) is 0 Å². The van der Waals surface area contributed by atoms with Crippen molar-refractivity contribution in [2.24, 2.45) is 11.5 Å². The number of carboxylic acids is 1. The van der Waals surface area contributed by atoms with Crippen LogP contribution in [0.1, 0.15) is 40.0 Å². The molecule has 124 valence electrons. The molecule has 0 aromatic rings. The predicted octanol–water partition coefficient (Wildman–Crippen LogP) is 1.19. The van der Waals surface area contributed by atoms with Gasteiger partial charge in [-0.2, -0.15) is 0 Å². The first-order valence-electron chi connectivity index (χ1n) is 6.96. The zero-order chi connectivity index (χ0) is 16.5. The van der Waals surface area contributed by atoms with Crippen molar-refractivity contribution in [2.45, 2.75) is 56.9 Å². The second-order valence-corrected chi connectivity index (χ2v) is 8.99. The molecule has 0 spiro atoms. The summed E-state index contributed by atoms with van der Waals surface area (Å²) in [6.07, 6.45) is 1.77. The van der Waals surface area contributed by atoms with Gasteiger partial charge in [0, 0.05) is 17.0 Å². The maximum atomic E-state index is 11.7. The lowest BCUT2D eigenvalue weighted by molar-refractivity contribution is -0.138. The van der Waals surface area contributed by atoms with Crippen molar-refractivity contribution in [1.29, 1.82) is 0 Å². The molecule has 0 rings (SSSR count). The Balaban J connectivity index is 3.67. The minimum absolute atomic E-state index is 0.143. The summed E-state index contributed by atoms with van der Waals surface area (Å²) in [5.41, 5.74) is 11.2. The summed E-state index contributed by atoms with van der Waals surface area (Å²) in [6, 6.07) is -1.35.